The molecule has 1 aromatic heterocycles. The van der Waals surface area contributed by atoms with Gasteiger partial charge in [0.15, 0.2) is 11.5 Å². The second-order valence-corrected chi connectivity index (χ2v) is 9.81. The van der Waals surface area contributed by atoms with Gasteiger partial charge in [-0.2, -0.15) is 0 Å². The lowest BCUT2D eigenvalue weighted by Gasteiger charge is -2.16. The first kappa shape index (κ1) is 25.6. The van der Waals surface area contributed by atoms with Gasteiger partial charge in [-0.3, -0.25) is 4.72 Å². The van der Waals surface area contributed by atoms with Crippen LogP contribution in [0.4, 0.5) is 5.69 Å². The summed E-state index contributed by atoms with van der Waals surface area (Å²) in [5, 5.41) is 0.369. The van der Waals surface area contributed by atoms with E-state index in [1.54, 1.807) is 44.4 Å². The fraction of sp³-hybridized carbons (Fsp3) is 0.292. The van der Waals surface area contributed by atoms with Gasteiger partial charge in [-0.05, 0) is 68.5 Å². The highest BCUT2D eigenvalue weighted by molar-refractivity contribution is 7.92. The molecule has 0 amide bonds. The van der Waals surface area contributed by atoms with Crippen molar-refractivity contribution in [1.82, 2.24) is 9.88 Å². The van der Waals surface area contributed by atoms with E-state index in [0.29, 0.717) is 28.7 Å². The highest BCUT2D eigenvalue weighted by atomic mass is 35.5. The lowest BCUT2D eigenvalue weighted by molar-refractivity contribution is 0.249. The van der Waals surface area contributed by atoms with E-state index in [1.807, 2.05) is 31.1 Å². The molecule has 10 heteroatoms. The van der Waals surface area contributed by atoms with Crippen molar-refractivity contribution in [1.29, 1.82) is 0 Å². The van der Waals surface area contributed by atoms with E-state index in [4.69, 9.17) is 25.8 Å². The summed E-state index contributed by atoms with van der Waals surface area (Å²) in [6.07, 6.45) is 1.53. The molecule has 0 fully saturated rings. The number of pyridine rings is 1. The number of benzene rings is 2. The monoisotopic (exact) mass is 505 g/mol. The van der Waals surface area contributed by atoms with E-state index >= 15 is 0 Å². The number of rotatable bonds is 11. The van der Waals surface area contributed by atoms with E-state index in [1.165, 1.54) is 12.3 Å². The van der Waals surface area contributed by atoms with Crippen LogP contribution in [-0.4, -0.2) is 52.7 Å². The summed E-state index contributed by atoms with van der Waals surface area (Å²) >= 11 is 6.10. The van der Waals surface area contributed by atoms with Gasteiger partial charge in [0.25, 0.3) is 10.0 Å². The summed E-state index contributed by atoms with van der Waals surface area (Å²) in [5.41, 5.74) is 1.49. The highest BCUT2D eigenvalue weighted by Gasteiger charge is 2.20. The SMILES string of the molecule is COc1ccc(COc2ncccc2NS(=O)(=O)c2cccc(Cl)c2C)cc1OCCN(C)C. The Hall–Kier alpha value is -3.01. The van der Waals surface area contributed by atoms with E-state index in [-0.39, 0.29) is 23.1 Å². The fourth-order valence-corrected chi connectivity index (χ4v) is 4.63. The average molecular weight is 506 g/mol. The van der Waals surface area contributed by atoms with Crippen molar-refractivity contribution in [3.8, 4) is 17.4 Å². The van der Waals surface area contributed by atoms with Gasteiger partial charge in [-0.1, -0.05) is 23.7 Å². The van der Waals surface area contributed by atoms with Gasteiger partial charge in [-0.15, -0.1) is 0 Å². The Bertz CT molecular complexity index is 1240. The third kappa shape index (κ3) is 6.53. The molecular formula is C24H28ClN3O5S. The van der Waals surface area contributed by atoms with Crippen LogP contribution in [-0.2, 0) is 16.6 Å². The highest BCUT2D eigenvalue weighted by Crippen LogP contribution is 2.31. The number of nitrogens with one attached hydrogen (secondary N) is 1. The molecule has 1 N–H and O–H groups in total. The van der Waals surface area contributed by atoms with E-state index < -0.39 is 10.0 Å². The molecule has 0 aliphatic carbocycles. The maximum absolute atomic E-state index is 13.0. The van der Waals surface area contributed by atoms with Gasteiger partial charge in [-0.25, -0.2) is 13.4 Å². The minimum absolute atomic E-state index is 0.0875. The number of hydrogen-bond donors (Lipinski definition) is 1. The van der Waals surface area contributed by atoms with Crippen molar-refractivity contribution in [3.63, 3.8) is 0 Å². The number of methoxy groups -OCH3 is 1. The summed E-state index contributed by atoms with van der Waals surface area (Å²) in [7, 11) is 1.62. The van der Waals surface area contributed by atoms with Gasteiger partial charge in [0, 0.05) is 17.8 Å². The molecule has 34 heavy (non-hydrogen) atoms. The zero-order chi connectivity index (χ0) is 24.7. The number of sulfonamides is 1. The predicted molar refractivity (Wildman–Crippen MR) is 133 cm³/mol. The van der Waals surface area contributed by atoms with Crippen molar-refractivity contribution in [2.75, 3.05) is 39.1 Å². The van der Waals surface area contributed by atoms with E-state index in [2.05, 4.69) is 9.71 Å². The van der Waals surface area contributed by atoms with E-state index in [9.17, 15) is 8.42 Å². The molecule has 1 heterocycles. The Kier molecular flexibility index (Phi) is 8.60. The molecule has 0 atom stereocenters. The van der Waals surface area contributed by atoms with Crippen molar-refractivity contribution in [2.24, 2.45) is 0 Å². The Morgan fingerprint density at radius 2 is 1.85 bits per heavy atom. The zero-order valence-electron chi connectivity index (χ0n) is 19.5. The topological polar surface area (TPSA) is 90.0 Å². The molecule has 2 aromatic carbocycles. The van der Waals surface area contributed by atoms with Crippen LogP contribution < -0.4 is 18.9 Å². The van der Waals surface area contributed by atoms with Crippen LogP contribution >= 0.6 is 11.6 Å². The number of anilines is 1. The second-order valence-electron chi connectivity index (χ2n) is 7.75. The minimum Gasteiger partial charge on any atom is -0.493 e. The van der Waals surface area contributed by atoms with Crippen molar-refractivity contribution in [2.45, 2.75) is 18.4 Å². The molecule has 0 saturated heterocycles. The van der Waals surface area contributed by atoms with Gasteiger partial charge >= 0.3 is 0 Å². The van der Waals surface area contributed by atoms with Gasteiger partial charge in [0.2, 0.25) is 5.88 Å². The first-order chi connectivity index (χ1) is 16.2. The zero-order valence-corrected chi connectivity index (χ0v) is 21.1. The first-order valence-electron chi connectivity index (χ1n) is 10.5. The molecule has 0 spiro atoms. The summed E-state index contributed by atoms with van der Waals surface area (Å²) in [4.78, 5) is 6.31. The van der Waals surface area contributed by atoms with Crippen LogP contribution in [0, 0.1) is 6.92 Å². The maximum atomic E-state index is 13.0. The third-order valence-electron chi connectivity index (χ3n) is 4.92. The summed E-state index contributed by atoms with van der Waals surface area (Å²) in [5.74, 6) is 1.37. The number of nitrogens with zero attached hydrogens (tertiary/aromatic N) is 2. The van der Waals surface area contributed by atoms with Gasteiger partial charge in [0.1, 0.15) is 18.9 Å². The number of ether oxygens (including phenoxy) is 3. The number of hydrogen-bond acceptors (Lipinski definition) is 7. The van der Waals surface area contributed by atoms with E-state index in [0.717, 1.165) is 12.1 Å². The molecule has 0 aliphatic rings. The third-order valence-corrected chi connectivity index (χ3v) is 6.84. The van der Waals surface area contributed by atoms with Crippen LogP contribution in [0.2, 0.25) is 5.02 Å². The molecular weight excluding hydrogens is 478 g/mol. The van der Waals surface area contributed by atoms with Gasteiger partial charge < -0.3 is 19.1 Å². The average Bonchev–Trinajstić information content (AvgIpc) is 2.80. The molecule has 3 rings (SSSR count). The van der Waals surface area contributed by atoms with Crippen LogP contribution in [0.15, 0.2) is 59.6 Å². The molecule has 0 unspecified atom stereocenters. The summed E-state index contributed by atoms with van der Waals surface area (Å²) < 4.78 is 45.6. The quantitative estimate of drug-likeness (QED) is 0.413. The number of halogens is 1. The lowest BCUT2D eigenvalue weighted by Crippen LogP contribution is -2.19. The standard InChI is InChI=1S/C24H28ClN3O5S/c1-17-19(25)7-5-9-23(17)34(29,30)27-20-8-6-12-26-24(20)33-16-18-10-11-21(31-4)22(15-18)32-14-13-28(2)3/h5-12,15,27H,13-14,16H2,1-4H3. The normalized spacial score (nSPS) is 11.4. The Morgan fingerprint density at radius 1 is 1.06 bits per heavy atom. The molecule has 182 valence electrons. The maximum Gasteiger partial charge on any atom is 0.262 e. The van der Waals surface area contributed by atoms with Crippen molar-refractivity contribution >= 4 is 27.3 Å². The van der Waals surface area contributed by atoms with Crippen LogP contribution in [0.3, 0.4) is 0 Å². The first-order valence-corrected chi connectivity index (χ1v) is 12.4. The Labute approximate surface area is 205 Å². The predicted octanol–water partition coefficient (Wildman–Crippen LogP) is 4.37. The smallest absolute Gasteiger partial charge is 0.262 e. The summed E-state index contributed by atoms with van der Waals surface area (Å²) in [6, 6.07) is 13.4. The summed E-state index contributed by atoms with van der Waals surface area (Å²) in [6.45, 7) is 3.06. The van der Waals surface area contributed by atoms with Crippen LogP contribution in [0.1, 0.15) is 11.1 Å². The minimum atomic E-state index is -3.90. The molecule has 0 radical (unpaired) electrons. The van der Waals surface area contributed by atoms with Crippen LogP contribution in [0.25, 0.3) is 0 Å². The molecule has 3 aromatic rings. The van der Waals surface area contributed by atoms with Crippen molar-refractivity contribution in [3.05, 3.63) is 70.9 Å². The van der Waals surface area contributed by atoms with Crippen LogP contribution in [0.5, 0.6) is 17.4 Å². The molecule has 0 bridgehead atoms. The fourth-order valence-electron chi connectivity index (χ4n) is 3.08. The number of likely N-dealkylation sites (N-methyl/N-ethyl adjacent to an activating group) is 1. The molecule has 0 saturated carbocycles. The molecule has 0 aliphatic heterocycles. The Morgan fingerprint density at radius 3 is 2.59 bits per heavy atom. The lowest BCUT2D eigenvalue weighted by atomic mass is 10.2. The second kappa shape index (κ2) is 11.4. The largest absolute Gasteiger partial charge is 0.493 e. The van der Waals surface area contributed by atoms with Gasteiger partial charge in [0.05, 0.1) is 12.0 Å². The van der Waals surface area contributed by atoms with Crippen molar-refractivity contribution < 1.29 is 22.6 Å². The molecule has 8 nitrogen and oxygen atoms in total. The number of aromatic nitrogens is 1. The Balaban J connectivity index is 1.76.